The van der Waals surface area contributed by atoms with Crippen molar-refractivity contribution >= 4 is 11.9 Å². The van der Waals surface area contributed by atoms with Crippen LogP contribution < -0.4 is 0 Å². The number of rotatable bonds is 48. The molecule has 0 saturated carbocycles. The molecule has 342 valence electrons. The molecular weight excluding hydrogens is 717 g/mol. The Morgan fingerprint density at radius 3 is 1.05 bits per heavy atom. The minimum Gasteiger partial charge on any atom is -0.462 e. The predicted octanol–water partition coefficient (Wildman–Crippen LogP) is 17.2. The lowest BCUT2D eigenvalue weighted by molar-refractivity contribution is -0.163. The van der Waals surface area contributed by atoms with Crippen molar-refractivity contribution in [1.82, 2.24) is 0 Å². The Hall–Kier alpha value is -1.62. The maximum absolute atomic E-state index is 12.8. The van der Waals surface area contributed by atoms with Gasteiger partial charge in [0.05, 0.1) is 6.61 Å². The van der Waals surface area contributed by atoms with Crippen molar-refractivity contribution in [3.8, 4) is 0 Å². The third-order valence-corrected chi connectivity index (χ3v) is 11.5. The molecule has 0 aliphatic heterocycles. The van der Waals surface area contributed by atoms with Gasteiger partial charge < -0.3 is 14.2 Å². The number of allylic oxidation sites excluding steroid dienone is 4. The molecule has 0 fully saturated rings. The van der Waals surface area contributed by atoms with Crippen LogP contribution in [0.3, 0.4) is 0 Å². The zero-order valence-corrected chi connectivity index (χ0v) is 39.3. The van der Waals surface area contributed by atoms with E-state index >= 15 is 0 Å². The number of carbonyl (C=O) groups excluding carboxylic acids is 2. The van der Waals surface area contributed by atoms with Crippen LogP contribution in [-0.4, -0.2) is 37.9 Å². The van der Waals surface area contributed by atoms with E-state index in [4.69, 9.17) is 14.2 Å². The maximum Gasteiger partial charge on any atom is 0.306 e. The van der Waals surface area contributed by atoms with Crippen LogP contribution in [0.25, 0.3) is 0 Å². The fraction of sp³-hybridized carbons (Fsp3) is 0.887. The van der Waals surface area contributed by atoms with Crippen LogP contribution in [0.5, 0.6) is 0 Å². The molecule has 0 aromatic heterocycles. The van der Waals surface area contributed by atoms with Gasteiger partial charge in [-0.2, -0.15) is 0 Å². The molecule has 58 heavy (non-hydrogen) atoms. The Bertz CT molecular complexity index is 882. The molecule has 0 spiro atoms. The van der Waals surface area contributed by atoms with E-state index in [1.165, 1.54) is 193 Å². The zero-order valence-electron chi connectivity index (χ0n) is 39.3. The van der Waals surface area contributed by atoms with E-state index in [0.717, 1.165) is 51.4 Å². The van der Waals surface area contributed by atoms with E-state index in [-0.39, 0.29) is 25.2 Å². The first-order chi connectivity index (χ1) is 28.6. The smallest absolute Gasteiger partial charge is 0.306 e. The first kappa shape index (κ1) is 56.4. The molecule has 0 saturated heterocycles. The van der Waals surface area contributed by atoms with Gasteiger partial charge in [-0.15, -0.1) is 0 Å². The second-order valence-electron chi connectivity index (χ2n) is 17.4. The average Bonchev–Trinajstić information content (AvgIpc) is 3.22. The van der Waals surface area contributed by atoms with E-state index in [2.05, 4.69) is 45.1 Å². The largest absolute Gasteiger partial charge is 0.462 e. The van der Waals surface area contributed by atoms with Crippen LogP contribution >= 0.6 is 0 Å². The van der Waals surface area contributed by atoms with Crippen molar-refractivity contribution in [2.24, 2.45) is 0 Å². The van der Waals surface area contributed by atoms with Gasteiger partial charge in [-0.1, -0.05) is 218 Å². The van der Waals surface area contributed by atoms with Gasteiger partial charge in [-0.05, 0) is 70.6 Å². The molecule has 0 rings (SSSR count). The number of unbranched alkanes of at least 4 members (excludes halogenated alkanes) is 33. The van der Waals surface area contributed by atoms with Crippen LogP contribution in [0.4, 0.5) is 0 Å². The standard InChI is InChI=1S/C53H100O5/c1-4-7-10-13-16-19-22-24-26-28-30-33-36-39-42-45-48-56-49-51(58-53(55)47-44-41-38-35-31-21-18-15-12-9-6-3)50-57-52(54)46-43-40-37-34-32-29-27-25-23-20-17-14-11-8-5-2/h24-27,51H,4-23,28-50H2,1-3H3/b26-24-,27-25-. The van der Waals surface area contributed by atoms with Crippen molar-refractivity contribution in [3.63, 3.8) is 0 Å². The van der Waals surface area contributed by atoms with Crippen molar-refractivity contribution in [2.75, 3.05) is 19.8 Å². The van der Waals surface area contributed by atoms with E-state index in [0.29, 0.717) is 19.4 Å². The third-order valence-electron chi connectivity index (χ3n) is 11.5. The zero-order chi connectivity index (χ0) is 42.1. The SMILES string of the molecule is CCCCCCCC/C=C\CCCCCCCCOCC(COC(=O)CCCCCCC/C=C\CCCCCCCC)OC(=O)CCCCCCCCCCCCC. The van der Waals surface area contributed by atoms with Gasteiger partial charge in [0.15, 0.2) is 6.10 Å². The second kappa shape index (κ2) is 49.7. The Labute approximate surface area is 362 Å². The number of esters is 2. The predicted molar refractivity (Wildman–Crippen MR) is 252 cm³/mol. The molecule has 0 N–H and O–H groups in total. The van der Waals surface area contributed by atoms with E-state index in [1.54, 1.807) is 0 Å². The number of ether oxygens (including phenoxy) is 3. The van der Waals surface area contributed by atoms with Gasteiger partial charge >= 0.3 is 11.9 Å². The topological polar surface area (TPSA) is 61.8 Å². The quantitative estimate of drug-likeness (QED) is 0.0348. The van der Waals surface area contributed by atoms with Crippen molar-refractivity contribution in [1.29, 1.82) is 0 Å². The summed E-state index contributed by atoms with van der Waals surface area (Å²) in [6.07, 6.45) is 57.5. The van der Waals surface area contributed by atoms with Crippen molar-refractivity contribution < 1.29 is 23.8 Å². The van der Waals surface area contributed by atoms with Crippen LogP contribution in [-0.2, 0) is 23.8 Å². The maximum atomic E-state index is 12.8. The van der Waals surface area contributed by atoms with E-state index < -0.39 is 6.10 Å². The summed E-state index contributed by atoms with van der Waals surface area (Å²) in [5.41, 5.74) is 0. The highest BCUT2D eigenvalue weighted by Gasteiger charge is 2.17. The molecule has 0 radical (unpaired) electrons. The van der Waals surface area contributed by atoms with Crippen LogP contribution in [0.15, 0.2) is 24.3 Å². The van der Waals surface area contributed by atoms with E-state index in [9.17, 15) is 9.59 Å². The highest BCUT2D eigenvalue weighted by molar-refractivity contribution is 5.70. The Kier molecular flexibility index (Phi) is 48.4. The second-order valence-corrected chi connectivity index (χ2v) is 17.4. The number of carbonyl (C=O) groups is 2. The van der Waals surface area contributed by atoms with Gasteiger partial charge in [-0.25, -0.2) is 0 Å². The van der Waals surface area contributed by atoms with Gasteiger partial charge in [0.25, 0.3) is 0 Å². The summed E-state index contributed by atoms with van der Waals surface area (Å²) in [5, 5.41) is 0. The van der Waals surface area contributed by atoms with E-state index in [1.807, 2.05) is 0 Å². The molecule has 1 atom stereocenters. The molecule has 0 heterocycles. The fourth-order valence-corrected chi connectivity index (χ4v) is 7.56. The normalized spacial score (nSPS) is 12.3. The molecule has 1 unspecified atom stereocenters. The molecule has 0 aliphatic carbocycles. The van der Waals surface area contributed by atoms with Gasteiger partial charge in [0.2, 0.25) is 0 Å². The third kappa shape index (κ3) is 47.1. The summed E-state index contributed by atoms with van der Waals surface area (Å²) in [4.78, 5) is 25.3. The molecule has 0 aliphatic rings. The summed E-state index contributed by atoms with van der Waals surface area (Å²) >= 11 is 0. The summed E-state index contributed by atoms with van der Waals surface area (Å²) in [6.45, 7) is 7.83. The Morgan fingerprint density at radius 1 is 0.362 bits per heavy atom. The first-order valence-corrected chi connectivity index (χ1v) is 25.9. The van der Waals surface area contributed by atoms with Crippen molar-refractivity contribution in [3.05, 3.63) is 24.3 Å². The minimum atomic E-state index is -0.535. The van der Waals surface area contributed by atoms with Gasteiger partial charge in [0, 0.05) is 19.4 Å². The average molecular weight is 817 g/mol. The molecule has 0 amide bonds. The van der Waals surface area contributed by atoms with Crippen molar-refractivity contribution in [2.45, 2.75) is 284 Å². The molecule has 5 heteroatoms. The molecule has 5 nitrogen and oxygen atoms in total. The fourth-order valence-electron chi connectivity index (χ4n) is 7.56. The number of hydrogen-bond donors (Lipinski definition) is 0. The Balaban J connectivity index is 4.22. The number of hydrogen-bond acceptors (Lipinski definition) is 5. The van der Waals surface area contributed by atoms with Crippen LogP contribution in [0.1, 0.15) is 278 Å². The summed E-state index contributed by atoms with van der Waals surface area (Å²) in [6, 6.07) is 0. The minimum absolute atomic E-state index is 0.0846. The van der Waals surface area contributed by atoms with Gasteiger partial charge in [-0.3, -0.25) is 9.59 Å². The first-order valence-electron chi connectivity index (χ1n) is 25.9. The molecular formula is C53H100O5. The lowest BCUT2D eigenvalue weighted by Crippen LogP contribution is -2.30. The molecule has 0 bridgehead atoms. The monoisotopic (exact) mass is 817 g/mol. The summed E-state index contributed by atoms with van der Waals surface area (Å²) in [7, 11) is 0. The van der Waals surface area contributed by atoms with Crippen LogP contribution in [0, 0.1) is 0 Å². The lowest BCUT2D eigenvalue weighted by Gasteiger charge is -2.18. The molecule has 0 aromatic carbocycles. The Morgan fingerprint density at radius 2 is 0.672 bits per heavy atom. The van der Waals surface area contributed by atoms with Gasteiger partial charge in [0.1, 0.15) is 6.61 Å². The highest BCUT2D eigenvalue weighted by Crippen LogP contribution is 2.15. The summed E-state index contributed by atoms with van der Waals surface area (Å²) in [5.74, 6) is -0.396. The highest BCUT2D eigenvalue weighted by atomic mass is 16.6. The summed E-state index contributed by atoms with van der Waals surface area (Å²) < 4.78 is 17.4. The molecule has 0 aromatic rings. The van der Waals surface area contributed by atoms with Crippen LogP contribution in [0.2, 0.25) is 0 Å². The lowest BCUT2D eigenvalue weighted by atomic mass is 10.1.